The Kier molecular flexibility index (Phi) is 3.79. The standard InChI is InChI=1S/C13H16N4O2/c1-8-9(2)16-17-13(15-8)14-7-10-5-4-6-11(19-3)12(10)18/h4-6,18H,7H2,1-3H3,(H,14,15,17). The molecule has 0 amide bonds. The molecule has 0 fully saturated rings. The first-order valence-corrected chi connectivity index (χ1v) is 5.88. The molecule has 0 radical (unpaired) electrons. The largest absolute Gasteiger partial charge is 0.504 e. The van der Waals surface area contributed by atoms with E-state index < -0.39 is 0 Å². The van der Waals surface area contributed by atoms with Gasteiger partial charge < -0.3 is 15.2 Å². The SMILES string of the molecule is COc1cccc(CNc2nnc(C)c(C)n2)c1O. The molecule has 6 nitrogen and oxygen atoms in total. The number of aromatic nitrogens is 3. The number of anilines is 1. The van der Waals surface area contributed by atoms with Gasteiger partial charge >= 0.3 is 0 Å². The van der Waals surface area contributed by atoms with Crippen LogP contribution < -0.4 is 10.1 Å². The summed E-state index contributed by atoms with van der Waals surface area (Å²) in [5.41, 5.74) is 2.34. The molecule has 0 aliphatic heterocycles. The van der Waals surface area contributed by atoms with E-state index >= 15 is 0 Å². The van der Waals surface area contributed by atoms with Crippen LogP contribution in [0.1, 0.15) is 17.0 Å². The molecule has 1 aromatic heterocycles. The molecule has 19 heavy (non-hydrogen) atoms. The molecule has 0 aliphatic rings. The molecule has 0 bridgehead atoms. The minimum atomic E-state index is 0.120. The highest BCUT2D eigenvalue weighted by molar-refractivity contribution is 5.46. The number of nitrogens with zero attached hydrogens (tertiary/aromatic N) is 3. The summed E-state index contributed by atoms with van der Waals surface area (Å²) in [5.74, 6) is 0.998. The highest BCUT2D eigenvalue weighted by Crippen LogP contribution is 2.29. The average molecular weight is 260 g/mol. The first-order valence-electron chi connectivity index (χ1n) is 5.88. The van der Waals surface area contributed by atoms with Crippen LogP contribution in [0.5, 0.6) is 11.5 Å². The topological polar surface area (TPSA) is 80.2 Å². The number of methoxy groups -OCH3 is 1. The summed E-state index contributed by atoms with van der Waals surface area (Å²) in [4.78, 5) is 4.26. The second-order valence-corrected chi connectivity index (χ2v) is 4.13. The van der Waals surface area contributed by atoms with Gasteiger partial charge in [0.1, 0.15) is 0 Å². The molecule has 2 rings (SSSR count). The van der Waals surface area contributed by atoms with E-state index in [2.05, 4.69) is 20.5 Å². The van der Waals surface area contributed by atoms with E-state index in [1.165, 1.54) is 7.11 Å². The molecule has 6 heteroatoms. The predicted octanol–water partition coefficient (Wildman–Crippen LogP) is 1.81. The van der Waals surface area contributed by atoms with Crippen molar-refractivity contribution >= 4 is 5.95 Å². The fraction of sp³-hybridized carbons (Fsp3) is 0.308. The summed E-state index contributed by atoms with van der Waals surface area (Å²) in [6, 6.07) is 5.32. The van der Waals surface area contributed by atoms with Crippen molar-refractivity contribution in [1.29, 1.82) is 0 Å². The molecule has 0 saturated carbocycles. The van der Waals surface area contributed by atoms with E-state index in [0.717, 1.165) is 11.4 Å². The Morgan fingerprint density at radius 3 is 2.68 bits per heavy atom. The van der Waals surface area contributed by atoms with Crippen LogP contribution in [0.15, 0.2) is 18.2 Å². The maximum absolute atomic E-state index is 9.94. The molecule has 0 spiro atoms. The fourth-order valence-corrected chi connectivity index (χ4v) is 1.58. The highest BCUT2D eigenvalue weighted by Gasteiger charge is 2.08. The summed E-state index contributed by atoms with van der Waals surface area (Å²) < 4.78 is 5.05. The predicted molar refractivity (Wildman–Crippen MR) is 71.3 cm³/mol. The van der Waals surface area contributed by atoms with Gasteiger partial charge in [-0.05, 0) is 19.9 Å². The lowest BCUT2D eigenvalue weighted by Crippen LogP contribution is -2.07. The summed E-state index contributed by atoms with van der Waals surface area (Å²) in [6.07, 6.45) is 0. The molecule has 0 saturated heterocycles. The molecule has 0 unspecified atom stereocenters. The molecule has 1 heterocycles. The van der Waals surface area contributed by atoms with Gasteiger partial charge in [0.15, 0.2) is 11.5 Å². The lowest BCUT2D eigenvalue weighted by atomic mass is 10.2. The zero-order valence-electron chi connectivity index (χ0n) is 11.1. The molecule has 0 atom stereocenters. The number of phenols is 1. The molecular formula is C13H16N4O2. The van der Waals surface area contributed by atoms with Crippen LogP contribution in [0.3, 0.4) is 0 Å². The number of rotatable bonds is 4. The molecule has 2 N–H and O–H groups in total. The molecule has 0 aliphatic carbocycles. The van der Waals surface area contributed by atoms with Gasteiger partial charge in [-0.15, -0.1) is 5.10 Å². The number of hydrogen-bond acceptors (Lipinski definition) is 6. The van der Waals surface area contributed by atoms with Gasteiger partial charge in [-0.3, -0.25) is 0 Å². The Bertz CT molecular complexity index is 587. The Morgan fingerprint density at radius 1 is 1.21 bits per heavy atom. The van der Waals surface area contributed by atoms with E-state index in [1.807, 2.05) is 19.9 Å². The number of benzene rings is 1. The maximum atomic E-state index is 9.94. The van der Waals surface area contributed by atoms with Crippen molar-refractivity contribution in [3.63, 3.8) is 0 Å². The van der Waals surface area contributed by atoms with E-state index in [1.54, 1.807) is 12.1 Å². The van der Waals surface area contributed by atoms with Crippen molar-refractivity contribution in [1.82, 2.24) is 15.2 Å². The van der Waals surface area contributed by atoms with Gasteiger partial charge in [0.05, 0.1) is 18.5 Å². The van der Waals surface area contributed by atoms with E-state index in [9.17, 15) is 5.11 Å². The van der Waals surface area contributed by atoms with E-state index in [0.29, 0.717) is 23.8 Å². The van der Waals surface area contributed by atoms with Crippen molar-refractivity contribution in [2.45, 2.75) is 20.4 Å². The van der Waals surface area contributed by atoms with Gasteiger partial charge in [-0.25, -0.2) is 4.98 Å². The second-order valence-electron chi connectivity index (χ2n) is 4.13. The molecule has 2 aromatic rings. The summed E-state index contributed by atoms with van der Waals surface area (Å²) in [5, 5.41) is 20.9. The second kappa shape index (κ2) is 5.51. The third kappa shape index (κ3) is 2.90. The van der Waals surface area contributed by atoms with Crippen molar-refractivity contribution < 1.29 is 9.84 Å². The van der Waals surface area contributed by atoms with Crippen LogP contribution in [0.2, 0.25) is 0 Å². The van der Waals surface area contributed by atoms with Gasteiger partial charge in [0, 0.05) is 12.1 Å². The molecule has 100 valence electrons. The first-order chi connectivity index (χ1) is 9.11. The third-order valence-corrected chi connectivity index (χ3v) is 2.83. The van der Waals surface area contributed by atoms with Gasteiger partial charge in [0.2, 0.25) is 5.95 Å². The van der Waals surface area contributed by atoms with Crippen LogP contribution in [-0.4, -0.2) is 27.4 Å². The monoisotopic (exact) mass is 260 g/mol. The van der Waals surface area contributed by atoms with Crippen molar-refractivity contribution in [2.75, 3.05) is 12.4 Å². The van der Waals surface area contributed by atoms with Crippen molar-refractivity contribution in [3.8, 4) is 11.5 Å². The molecular weight excluding hydrogens is 244 g/mol. The average Bonchev–Trinajstić information content (AvgIpc) is 2.41. The Morgan fingerprint density at radius 2 is 2.00 bits per heavy atom. The fourth-order valence-electron chi connectivity index (χ4n) is 1.58. The number of aryl methyl sites for hydroxylation is 2. The number of aromatic hydroxyl groups is 1. The third-order valence-electron chi connectivity index (χ3n) is 2.83. The number of ether oxygens (including phenoxy) is 1. The Balaban J connectivity index is 2.12. The Hall–Kier alpha value is -2.37. The van der Waals surface area contributed by atoms with Crippen LogP contribution in [-0.2, 0) is 6.54 Å². The van der Waals surface area contributed by atoms with Gasteiger partial charge in [-0.1, -0.05) is 12.1 Å². The quantitative estimate of drug-likeness (QED) is 0.872. The smallest absolute Gasteiger partial charge is 0.243 e. The number of nitrogens with one attached hydrogen (secondary N) is 1. The van der Waals surface area contributed by atoms with E-state index in [-0.39, 0.29) is 5.75 Å². The highest BCUT2D eigenvalue weighted by atomic mass is 16.5. The number of hydrogen-bond donors (Lipinski definition) is 2. The van der Waals surface area contributed by atoms with E-state index in [4.69, 9.17) is 4.74 Å². The van der Waals surface area contributed by atoms with Gasteiger partial charge in [-0.2, -0.15) is 5.10 Å². The van der Waals surface area contributed by atoms with Gasteiger partial charge in [0.25, 0.3) is 0 Å². The van der Waals surface area contributed by atoms with Crippen LogP contribution in [0, 0.1) is 13.8 Å². The normalized spacial score (nSPS) is 10.3. The van der Waals surface area contributed by atoms with Crippen LogP contribution in [0.25, 0.3) is 0 Å². The van der Waals surface area contributed by atoms with Crippen molar-refractivity contribution in [3.05, 3.63) is 35.2 Å². The van der Waals surface area contributed by atoms with Crippen molar-refractivity contribution in [2.24, 2.45) is 0 Å². The lowest BCUT2D eigenvalue weighted by Gasteiger charge is -2.10. The summed E-state index contributed by atoms with van der Waals surface area (Å²) >= 11 is 0. The van der Waals surface area contributed by atoms with Crippen LogP contribution >= 0.6 is 0 Å². The summed E-state index contributed by atoms with van der Waals surface area (Å²) in [6.45, 7) is 4.12. The molecule has 1 aromatic carbocycles. The summed E-state index contributed by atoms with van der Waals surface area (Å²) in [7, 11) is 1.52. The van der Waals surface area contributed by atoms with Crippen LogP contribution in [0.4, 0.5) is 5.95 Å². The minimum absolute atomic E-state index is 0.120. The number of para-hydroxylation sites is 1. The number of phenolic OH excluding ortho intramolecular Hbond substituents is 1. The Labute approximate surface area is 111 Å². The lowest BCUT2D eigenvalue weighted by molar-refractivity contribution is 0.371. The first kappa shape index (κ1) is 13.1. The zero-order chi connectivity index (χ0) is 13.8. The maximum Gasteiger partial charge on any atom is 0.243 e. The zero-order valence-corrected chi connectivity index (χ0v) is 11.1. The minimum Gasteiger partial charge on any atom is -0.504 e.